The highest BCUT2D eigenvalue weighted by Crippen LogP contribution is 2.25. The molecule has 1 amide bonds. The first kappa shape index (κ1) is 21.9. The molecule has 9 heteroatoms. The van der Waals surface area contributed by atoms with Crippen LogP contribution in [0.1, 0.15) is 18.4 Å². The van der Waals surface area contributed by atoms with Crippen LogP contribution in [0.2, 0.25) is 10.0 Å². The zero-order valence-electron chi connectivity index (χ0n) is 15.9. The van der Waals surface area contributed by atoms with Gasteiger partial charge in [0.15, 0.2) is 0 Å². The number of piperidine rings is 1. The largest absolute Gasteiger partial charge is 0.497 e. The molecule has 1 fully saturated rings. The van der Waals surface area contributed by atoms with Crippen LogP contribution in [0.25, 0.3) is 0 Å². The summed E-state index contributed by atoms with van der Waals surface area (Å²) in [7, 11) is -2.04. The van der Waals surface area contributed by atoms with E-state index in [0.29, 0.717) is 47.3 Å². The molecule has 1 N–H and O–H groups in total. The van der Waals surface area contributed by atoms with Crippen LogP contribution in [0.3, 0.4) is 0 Å². The van der Waals surface area contributed by atoms with Crippen LogP contribution in [-0.2, 0) is 21.2 Å². The van der Waals surface area contributed by atoms with E-state index in [1.807, 2.05) is 0 Å². The average Bonchev–Trinajstić information content (AvgIpc) is 2.71. The number of carbonyl (C=O) groups is 1. The number of amides is 1. The molecule has 1 aliphatic heterocycles. The van der Waals surface area contributed by atoms with Crippen LogP contribution in [0, 0.1) is 0 Å². The average molecular weight is 457 g/mol. The molecule has 1 saturated heterocycles. The fourth-order valence-corrected chi connectivity index (χ4v) is 5.28. The van der Waals surface area contributed by atoms with Gasteiger partial charge >= 0.3 is 0 Å². The number of nitrogens with one attached hydrogen (secondary N) is 1. The van der Waals surface area contributed by atoms with Crippen molar-refractivity contribution in [3.05, 3.63) is 58.1 Å². The lowest BCUT2D eigenvalue weighted by atomic mass is 10.1. The Labute approximate surface area is 180 Å². The predicted molar refractivity (Wildman–Crippen MR) is 113 cm³/mol. The summed E-state index contributed by atoms with van der Waals surface area (Å²) in [4.78, 5) is 12.6. The van der Waals surface area contributed by atoms with E-state index in [1.165, 1.54) is 23.5 Å². The van der Waals surface area contributed by atoms with Crippen LogP contribution in [0.4, 0.5) is 0 Å². The van der Waals surface area contributed by atoms with Crippen LogP contribution < -0.4 is 10.1 Å². The number of sulfonamides is 1. The fraction of sp³-hybridized carbons (Fsp3) is 0.350. The first-order chi connectivity index (χ1) is 13.8. The van der Waals surface area contributed by atoms with Gasteiger partial charge in [-0.2, -0.15) is 4.31 Å². The van der Waals surface area contributed by atoms with Gasteiger partial charge in [-0.3, -0.25) is 4.79 Å². The summed E-state index contributed by atoms with van der Waals surface area (Å²) in [5, 5.41) is 3.86. The molecule has 0 saturated carbocycles. The van der Waals surface area contributed by atoms with E-state index < -0.39 is 10.0 Å². The summed E-state index contributed by atoms with van der Waals surface area (Å²) in [5.74, 6) is 0.417. The number of benzene rings is 2. The summed E-state index contributed by atoms with van der Waals surface area (Å²) in [6.45, 7) is 0.679. The van der Waals surface area contributed by atoms with Crippen molar-refractivity contribution >= 4 is 39.1 Å². The van der Waals surface area contributed by atoms with E-state index >= 15 is 0 Å². The van der Waals surface area contributed by atoms with Crippen LogP contribution >= 0.6 is 23.2 Å². The maximum atomic E-state index is 12.8. The number of hydrogen-bond acceptors (Lipinski definition) is 4. The normalized spacial score (nSPS) is 15.8. The zero-order valence-corrected chi connectivity index (χ0v) is 18.2. The Morgan fingerprint density at radius 2 is 1.69 bits per heavy atom. The van der Waals surface area contributed by atoms with Crippen molar-refractivity contribution < 1.29 is 17.9 Å². The van der Waals surface area contributed by atoms with E-state index in [0.717, 1.165) is 0 Å². The van der Waals surface area contributed by atoms with Gasteiger partial charge in [-0.05, 0) is 54.8 Å². The van der Waals surface area contributed by atoms with Gasteiger partial charge in [0.05, 0.1) is 18.4 Å². The van der Waals surface area contributed by atoms with Crippen molar-refractivity contribution in [2.24, 2.45) is 0 Å². The van der Waals surface area contributed by atoms with E-state index in [-0.39, 0.29) is 23.3 Å². The topological polar surface area (TPSA) is 75.7 Å². The van der Waals surface area contributed by atoms with E-state index in [4.69, 9.17) is 27.9 Å². The Kier molecular flexibility index (Phi) is 7.05. The zero-order chi connectivity index (χ0) is 21.0. The molecule has 6 nitrogen and oxygen atoms in total. The molecule has 0 atom stereocenters. The van der Waals surface area contributed by atoms with Gasteiger partial charge in [-0.25, -0.2) is 8.42 Å². The van der Waals surface area contributed by atoms with Crippen molar-refractivity contribution in [2.45, 2.75) is 30.2 Å². The maximum absolute atomic E-state index is 12.8. The van der Waals surface area contributed by atoms with Gasteiger partial charge < -0.3 is 10.1 Å². The minimum absolute atomic E-state index is 0.0862. The fourth-order valence-electron chi connectivity index (χ4n) is 3.28. The molecule has 2 aromatic carbocycles. The Balaban J connectivity index is 1.56. The first-order valence-corrected chi connectivity index (χ1v) is 11.4. The highest BCUT2D eigenvalue weighted by Gasteiger charge is 2.30. The number of halogens is 2. The van der Waals surface area contributed by atoms with Crippen molar-refractivity contribution in [1.29, 1.82) is 0 Å². The van der Waals surface area contributed by atoms with Gasteiger partial charge in [0, 0.05) is 29.2 Å². The van der Waals surface area contributed by atoms with E-state index in [2.05, 4.69) is 5.32 Å². The molecule has 2 aromatic rings. The van der Waals surface area contributed by atoms with Crippen LogP contribution in [0.15, 0.2) is 47.4 Å². The number of carbonyl (C=O) groups excluding carboxylic acids is 1. The molecule has 1 aliphatic rings. The standard InChI is InChI=1S/C20H22Cl2N2O4S/c1-28-15-5-7-16(8-6-15)29(26,27)24-11-9-14(10-12-24)23-20(25)13-17-18(21)3-2-4-19(17)22/h2-8,14H,9-13H2,1H3,(H,23,25). The van der Waals surface area contributed by atoms with E-state index in [9.17, 15) is 13.2 Å². The first-order valence-electron chi connectivity index (χ1n) is 9.17. The molecule has 0 bridgehead atoms. The van der Waals surface area contributed by atoms with Crippen LogP contribution in [-0.4, -0.2) is 44.9 Å². The Hall–Kier alpha value is -1.80. The molecule has 156 valence electrons. The lowest BCUT2D eigenvalue weighted by Gasteiger charge is -2.31. The van der Waals surface area contributed by atoms with Crippen molar-refractivity contribution in [3.8, 4) is 5.75 Å². The van der Waals surface area contributed by atoms with E-state index in [1.54, 1.807) is 30.3 Å². The summed E-state index contributed by atoms with van der Waals surface area (Å²) < 4.78 is 32.1. The van der Waals surface area contributed by atoms with Gasteiger partial charge in [0.2, 0.25) is 15.9 Å². The maximum Gasteiger partial charge on any atom is 0.243 e. The molecule has 3 rings (SSSR count). The Morgan fingerprint density at radius 1 is 1.10 bits per heavy atom. The third-order valence-electron chi connectivity index (χ3n) is 4.92. The summed E-state index contributed by atoms with van der Waals surface area (Å²) >= 11 is 12.2. The van der Waals surface area contributed by atoms with Crippen molar-refractivity contribution in [2.75, 3.05) is 20.2 Å². The molecule has 29 heavy (non-hydrogen) atoms. The number of nitrogens with zero attached hydrogens (tertiary/aromatic N) is 1. The molecular formula is C20H22Cl2N2O4S. The molecular weight excluding hydrogens is 435 g/mol. The predicted octanol–water partition coefficient (Wildman–Crippen LogP) is 3.51. The molecule has 1 heterocycles. The summed E-state index contributed by atoms with van der Waals surface area (Å²) in [6.07, 6.45) is 1.16. The monoisotopic (exact) mass is 456 g/mol. The quantitative estimate of drug-likeness (QED) is 0.721. The molecule has 0 radical (unpaired) electrons. The second-order valence-electron chi connectivity index (χ2n) is 6.80. The highest BCUT2D eigenvalue weighted by atomic mass is 35.5. The van der Waals surface area contributed by atoms with Gasteiger partial charge in [-0.15, -0.1) is 0 Å². The summed E-state index contributed by atoms with van der Waals surface area (Å²) in [5.41, 5.74) is 0.591. The molecule has 0 aromatic heterocycles. The molecule has 0 aliphatic carbocycles. The third kappa shape index (κ3) is 5.22. The lowest BCUT2D eigenvalue weighted by molar-refractivity contribution is -0.121. The van der Waals surface area contributed by atoms with Gasteiger partial charge in [0.1, 0.15) is 5.75 Å². The second kappa shape index (κ2) is 9.34. The summed E-state index contributed by atoms with van der Waals surface area (Å²) in [6, 6.07) is 11.3. The smallest absolute Gasteiger partial charge is 0.243 e. The van der Waals surface area contributed by atoms with Gasteiger partial charge in [-0.1, -0.05) is 29.3 Å². The third-order valence-corrected chi connectivity index (χ3v) is 7.54. The second-order valence-corrected chi connectivity index (χ2v) is 9.55. The molecule has 0 unspecified atom stereocenters. The highest BCUT2D eigenvalue weighted by molar-refractivity contribution is 7.89. The number of hydrogen-bond donors (Lipinski definition) is 1. The Bertz CT molecular complexity index is 952. The van der Waals surface area contributed by atoms with Crippen molar-refractivity contribution in [1.82, 2.24) is 9.62 Å². The molecule has 0 spiro atoms. The van der Waals surface area contributed by atoms with Gasteiger partial charge in [0.25, 0.3) is 0 Å². The number of ether oxygens (including phenoxy) is 1. The Morgan fingerprint density at radius 3 is 2.24 bits per heavy atom. The van der Waals surface area contributed by atoms with Crippen LogP contribution in [0.5, 0.6) is 5.75 Å². The minimum Gasteiger partial charge on any atom is -0.497 e. The SMILES string of the molecule is COc1ccc(S(=O)(=O)N2CCC(NC(=O)Cc3c(Cl)cccc3Cl)CC2)cc1. The number of rotatable bonds is 6. The minimum atomic E-state index is -3.57. The lowest BCUT2D eigenvalue weighted by Crippen LogP contribution is -2.46. The van der Waals surface area contributed by atoms with Crippen molar-refractivity contribution in [3.63, 3.8) is 0 Å². The number of methoxy groups -OCH3 is 1.